The van der Waals surface area contributed by atoms with Gasteiger partial charge in [-0.25, -0.2) is 4.98 Å². The molecule has 0 fully saturated rings. The molecule has 0 amide bonds. The van der Waals surface area contributed by atoms with Crippen LogP contribution in [0.3, 0.4) is 0 Å². The molecule has 7 nitrogen and oxygen atoms in total. The Bertz CT molecular complexity index is 596. The number of aromatic nitrogens is 7. The molecule has 14 heavy (non-hydrogen) atoms. The molecule has 0 saturated carbocycles. The second kappa shape index (κ2) is 2.64. The maximum atomic E-state index is 4.28. The third kappa shape index (κ3) is 0.854. The van der Waals surface area contributed by atoms with E-state index in [1.54, 1.807) is 4.52 Å². The van der Waals surface area contributed by atoms with Crippen molar-refractivity contribution in [1.29, 1.82) is 0 Å². The molecule has 3 rings (SSSR count). The summed E-state index contributed by atoms with van der Waals surface area (Å²) in [5, 5.41) is 15.4. The Labute approximate surface area is 81.9 Å². The molecule has 0 aliphatic heterocycles. The monoisotopic (exact) mass is 207 g/mol. The van der Waals surface area contributed by atoms with Crippen LogP contribution in [0.5, 0.6) is 0 Å². The summed E-state index contributed by atoms with van der Waals surface area (Å²) in [5.41, 5.74) is 1.37. The zero-order chi connectivity index (χ0) is 9.54. The predicted octanol–water partition coefficient (Wildman–Crippen LogP) is 0.117. The van der Waals surface area contributed by atoms with E-state index in [1.165, 1.54) is 18.1 Å². The van der Waals surface area contributed by atoms with Gasteiger partial charge in [0.2, 0.25) is 5.65 Å². The summed E-state index contributed by atoms with van der Waals surface area (Å²) in [5.74, 6) is 0.538. The van der Waals surface area contributed by atoms with Gasteiger partial charge in [-0.05, 0) is 6.26 Å². The summed E-state index contributed by atoms with van der Waals surface area (Å²) in [6.45, 7) is 0. The molecule has 0 saturated heterocycles. The van der Waals surface area contributed by atoms with Gasteiger partial charge in [0.25, 0.3) is 5.78 Å². The predicted molar refractivity (Wildman–Crippen MR) is 50.0 cm³/mol. The molecule has 0 unspecified atom stereocenters. The highest BCUT2D eigenvalue weighted by Crippen LogP contribution is 2.20. The lowest BCUT2D eigenvalue weighted by Gasteiger charge is -1.96. The molecule has 1 N–H and O–H groups in total. The van der Waals surface area contributed by atoms with Gasteiger partial charge in [-0.1, -0.05) is 0 Å². The van der Waals surface area contributed by atoms with E-state index in [2.05, 4.69) is 30.5 Å². The zero-order valence-corrected chi connectivity index (χ0v) is 7.99. The van der Waals surface area contributed by atoms with Gasteiger partial charge in [0.05, 0.1) is 0 Å². The van der Waals surface area contributed by atoms with Crippen LogP contribution in [0, 0.1) is 0 Å². The Morgan fingerprint density at radius 1 is 1.43 bits per heavy atom. The molecule has 3 aromatic rings. The van der Waals surface area contributed by atoms with Crippen LogP contribution in [-0.4, -0.2) is 41.2 Å². The summed E-state index contributed by atoms with van der Waals surface area (Å²) in [4.78, 5) is 8.29. The van der Waals surface area contributed by atoms with Gasteiger partial charge in [0, 0.05) is 0 Å². The van der Waals surface area contributed by atoms with Crippen molar-refractivity contribution in [2.24, 2.45) is 0 Å². The van der Waals surface area contributed by atoms with Crippen molar-refractivity contribution >= 4 is 28.7 Å². The third-order valence-electron chi connectivity index (χ3n) is 1.86. The van der Waals surface area contributed by atoms with Crippen LogP contribution in [0.2, 0.25) is 0 Å². The first-order chi connectivity index (χ1) is 6.90. The molecule has 0 aliphatic rings. The smallest absolute Gasteiger partial charge is 0.202 e. The van der Waals surface area contributed by atoms with Gasteiger partial charge in [0.15, 0.2) is 5.52 Å². The molecule has 0 aliphatic carbocycles. The Hall–Kier alpha value is -1.70. The molecule has 3 heterocycles. The maximum Gasteiger partial charge on any atom is 0.255 e. The van der Waals surface area contributed by atoms with E-state index in [1.807, 2.05) is 6.26 Å². The minimum Gasteiger partial charge on any atom is -0.202 e. The van der Waals surface area contributed by atoms with Crippen LogP contribution in [0.15, 0.2) is 11.4 Å². The van der Waals surface area contributed by atoms with Crippen molar-refractivity contribution in [3.05, 3.63) is 6.33 Å². The second-order valence-electron chi connectivity index (χ2n) is 2.59. The van der Waals surface area contributed by atoms with Gasteiger partial charge in [-0.2, -0.15) is 24.9 Å². The third-order valence-corrected chi connectivity index (χ3v) is 2.53. The highest BCUT2D eigenvalue weighted by atomic mass is 32.2. The highest BCUT2D eigenvalue weighted by molar-refractivity contribution is 7.98. The number of rotatable bonds is 1. The van der Waals surface area contributed by atoms with Crippen LogP contribution in [0.4, 0.5) is 0 Å². The van der Waals surface area contributed by atoms with Crippen LogP contribution < -0.4 is 0 Å². The van der Waals surface area contributed by atoms with E-state index in [-0.39, 0.29) is 0 Å². The molecular formula is C6H5N7S. The van der Waals surface area contributed by atoms with E-state index in [4.69, 9.17) is 0 Å². The molecule has 0 aromatic carbocycles. The van der Waals surface area contributed by atoms with Gasteiger partial charge in [-0.15, -0.1) is 16.9 Å². The van der Waals surface area contributed by atoms with Crippen molar-refractivity contribution in [3.63, 3.8) is 0 Å². The van der Waals surface area contributed by atoms with E-state index in [0.717, 1.165) is 10.5 Å². The van der Waals surface area contributed by atoms with Crippen LogP contribution in [0.25, 0.3) is 16.9 Å². The quantitative estimate of drug-likeness (QED) is 0.450. The van der Waals surface area contributed by atoms with Gasteiger partial charge < -0.3 is 0 Å². The standard InChI is InChI=1S/C6H5N7S/c1-14-5-3-4(11-12-10-3)13-6(9-5)7-2-8-13/h2H,1H3,(H,10,11,12). The fourth-order valence-electron chi connectivity index (χ4n) is 1.26. The lowest BCUT2D eigenvalue weighted by Crippen LogP contribution is -1.95. The molecule has 0 atom stereocenters. The number of H-pyrrole nitrogens is 1. The van der Waals surface area contributed by atoms with Crippen molar-refractivity contribution in [2.45, 2.75) is 5.03 Å². The van der Waals surface area contributed by atoms with Gasteiger partial charge in [0.1, 0.15) is 11.4 Å². The summed E-state index contributed by atoms with van der Waals surface area (Å²) in [6, 6.07) is 0. The van der Waals surface area contributed by atoms with Crippen molar-refractivity contribution in [3.8, 4) is 0 Å². The Morgan fingerprint density at radius 3 is 3.21 bits per heavy atom. The number of fused-ring (bicyclic) bond motifs is 3. The minimum atomic E-state index is 0.538. The summed E-state index contributed by atoms with van der Waals surface area (Å²) >= 11 is 1.51. The SMILES string of the molecule is CSc1nc2ncnn2c2n[nH]nc12. The number of nitrogens with zero attached hydrogens (tertiary/aromatic N) is 6. The number of hydrogen-bond acceptors (Lipinski definition) is 6. The lowest BCUT2D eigenvalue weighted by molar-refractivity contribution is 0.920. The van der Waals surface area contributed by atoms with Gasteiger partial charge in [-0.3, -0.25) is 0 Å². The minimum absolute atomic E-state index is 0.538. The normalized spacial score (nSPS) is 11.5. The van der Waals surface area contributed by atoms with Crippen molar-refractivity contribution < 1.29 is 0 Å². The fourth-order valence-corrected chi connectivity index (χ4v) is 1.77. The zero-order valence-electron chi connectivity index (χ0n) is 7.17. The maximum absolute atomic E-state index is 4.28. The molecule has 3 aromatic heterocycles. The molecule has 8 heteroatoms. The topological polar surface area (TPSA) is 84.6 Å². The van der Waals surface area contributed by atoms with E-state index in [0.29, 0.717) is 11.4 Å². The molecule has 70 valence electrons. The first-order valence-corrected chi connectivity index (χ1v) is 5.07. The second-order valence-corrected chi connectivity index (χ2v) is 3.38. The van der Waals surface area contributed by atoms with Gasteiger partial charge >= 0.3 is 0 Å². The molecule has 0 bridgehead atoms. The average Bonchev–Trinajstić information content (AvgIpc) is 2.83. The number of thioether (sulfide) groups is 1. The molecule has 0 radical (unpaired) electrons. The first kappa shape index (κ1) is 7.68. The Balaban J connectivity index is 2.59. The van der Waals surface area contributed by atoms with E-state index in [9.17, 15) is 0 Å². The van der Waals surface area contributed by atoms with Crippen LogP contribution >= 0.6 is 11.8 Å². The Kier molecular flexibility index (Phi) is 1.45. The van der Waals surface area contributed by atoms with Crippen LogP contribution in [-0.2, 0) is 0 Å². The highest BCUT2D eigenvalue weighted by Gasteiger charge is 2.12. The molecule has 0 spiro atoms. The van der Waals surface area contributed by atoms with Crippen molar-refractivity contribution in [1.82, 2.24) is 35.0 Å². The summed E-state index contributed by atoms with van der Waals surface area (Å²) in [7, 11) is 0. The Morgan fingerprint density at radius 2 is 2.36 bits per heavy atom. The number of nitrogens with one attached hydrogen (secondary N) is 1. The summed E-state index contributed by atoms with van der Waals surface area (Å²) < 4.78 is 1.55. The van der Waals surface area contributed by atoms with Crippen molar-refractivity contribution in [2.75, 3.05) is 6.26 Å². The fraction of sp³-hybridized carbons (Fsp3) is 0.167. The number of hydrogen-bond donors (Lipinski definition) is 1. The van der Waals surface area contributed by atoms with E-state index >= 15 is 0 Å². The first-order valence-electron chi connectivity index (χ1n) is 3.84. The largest absolute Gasteiger partial charge is 0.255 e. The average molecular weight is 207 g/mol. The van der Waals surface area contributed by atoms with E-state index < -0.39 is 0 Å². The molecular weight excluding hydrogens is 202 g/mol. The lowest BCUT2D eigenvalue weighted by atomic mass is 10.5. The summed E-state index contributed by atoms with van der Waals surface area (Å²) in [6.07, 6.45) is 3.38. The number of aromatic amines is 1. The van der Waals surface area contributed by atoms with Crippen LogP contribution in [0.1, 0.15) is 0 Å².